The Kier molecular flexibility index (Phi) is 4.99. The molecule has 24 heavy (non-hydrogen) atoms. The lowest BCUT2D eigenvalue weighted by atomic mass is 10.2. The third-order valence-corrected chi connectivity index (χ3v) is 4.82. The number of aryl methyl sites for hydroxylation is 1. The van der Waals surface area contributed by atoms with Crippen molar-refractivity contribution in [2.45, 2.75) is 32.2 Å². The van der Waals surface area contributed by atoms with Crippen LogP contribution in [-0.2, 0) is 4.79 Å². The summed E-state index contributed by atoms with van der Waals surface area (Å²) in [6.45, 7) is 5.36. The summed E-state index contributed by atoms with van der Waals surface area (Å²) in [4.78, 5) is 43.0. The molecule has 1 atom stereocenters. The Labute approximate surface area is 141 Å². The van der Waals surface area contributed by atoms with Gasteiger partial charge in [0, 0.05) is 25.3 Å². The van der Waals surface area contributed by atoms with Crippen LogP contribution in [0.4, 0.5) is 0 Å². The number of hydrogen-bond acceptors (Lipinski definition) is 4. The van der Waals surface area contributed by atoms with Gasteiger partial charge in [0.05, 0.1) is 6.04 Å². The van der Waals surface area contributed by atoms with Crippen molar-refractivity contribution in [1.82, 2.24) is 20.1 Å². The van der Waals surface area contributed by atoms with E-state index in [9.17, 15) is 14.4 Å². The zero-order valence-electron chi connectivity index (χ0n) is 14.0. The topological polar surface area (TPSA) is 85.5 Å². The fraction of sp³-hybridized carbons (Fsp3) is 0.588. The van der Waals surface area contributed by atoms with E-state index < -0.39 is 5.91 Å². The maximum atomic E-state index is 12.4. The Morgan fingerprint density at radius 3 is 2.71 bits per heavy atom. The van der Waals surface area contributed by atoms with Gasteiger partial charge in [-0.25, -0.2) is 0 Å². The maximum absolute atomic E-state index is 12.4. The van der Waals surface area contributed by atoms with E-state index in [0.29, 0.717) is 18.8 Å². The molecule has 2 N–H and O–H groups in total. The number of nitrogens with zero attached hydrogens (tertiary/aromatic N) is 2. The van der Waals surface area contributed by atoms with Crippen LogP contribution in [0, 0.1) is 6.92 Å². The van der Waals surface area contributed by atoms with Crippen molar-refractivity contribution in [2.24, 2.45) is 0 Å². The molecule has 2 saturated heterocycles. The van der Waals surface area contributed by atoms with Gasteiger partial charge >= 0.3 is 0 Å². The van der Waals surface area contributed by atoms with Crippen molar-refractivity contribution < 1.29 is 9.59 Å². The van der Waals surface area contributed by atoms with Gasteiger partial charge in [0.15, 0.2) is 0 Å². The first-order chi connectivity index (χ1) is 11.6. The predicted molar refractivity (Wildman–Crippen MR) is 89.9 cm³/mol. The first kappa shape index (κ1) is 16.7. The van der Waals surface area contributed by atoms with Crippen LogP contribution in [0.2, 0.25) is 0 Å². The molecule has 0 radical (unpaired) electrons. The van der Waals surface area contributed by atoms with Crippen LogP contribution in [0.15, 0.2) is 16.9 Å². The highest BCUT2D eigenvalue weighted by atomic mass is 16.2. The summed E-state index contributed by atoms with van der Waals surface area (Å²) in [5, 5.41) is 2.72. The minimum atomic E-state index is -0.404. The summed E-state index contributed by atoms with van der Waals surface area (Å²) >= 11 is 0. The van der Waals surface area contributed by atoms with Crippen LogP contribution in [0.5, 0.6) is 0 Å². The summed E-state index contributed by atoms with van der Waals surface area (Å²) in [7, 11) is 0. The number of rotatable bonds is 5. The first-order valence-electron chi connectivity index (χ1n) is 8.57. The molecule has 2 aliphatic heterocycles. The fourth-order valence-electron chi connectivity index (χ4n) is 3.49. The van der Waals surface area contributed by atoms with E-state index in [-0.39, 0.29) is 23.1 Å². The van der Waals surface area contributed by atoms with Crippen LogP contribution in [-0.4, -0.2) is 65.4 Å². The molecule has 1 unspecified atom stereocenters. The van der Waals surface area contributed by atoms with Crippen LogP contribution in [0.1, 0.15) is 35.3 Å². The van der Waals surface area contributed by atoms with Crippen LogP contribution in [0.3, 0.4) is 0 Å². The lowest BCUT2D eigenvalue weighted by Gasteiger charge is -2.22. The van der Waals surface area contributed by atoms with Crippen molar-refractivity contribution in [1.29, 1.82) is 0 Å². The number of likely N-dealkylation sites (tertiary alicyclic amines) is 2. The normalized spacial score (nSPS) is 21.5. The summed E-state index contributed by atoms with van der Waals surface area (Å²) in [6.07, 6.45) is 3.21. The Bertz CT molecular complexity index is 679. The van der Waals surface area contributed by atoms with Gasteiger partial charge in [-0.05, 0) is 51.4 Å². The molecule has 0 aliphatic carbocycles. The van der Waals surface area contributed by atoms with E-state index in [1.54, 1.807) is 13.0 Å². The Morgan fingerprint density at radius 2 is 2.00 bits per heavy atom. The van der Waals surface area contributed by atoms with Gasteiger partial charge < -0.3 is 15.2 Å². The molecule has 1 aromatic rings. The molecule has 7 heteroatoms. The number of H-pyrrole nitrogens is 1. The number of aromatic amines is 1. The molecule has 3 heterocycles. The van der Waals surface area contributed by atoms with Gasteiger partial charge in [0.1, 0.15) is 5.56 Å². The highest BCUT2D eigenvalue weighted by molar-refractivity contribution is 5.93. The van der Waals surface area contributed by atoms with Crippen LogP contribution < -0.4 is 10.9 Å². The molecule has 2 aliphatic rings. The second-order valence-corrected chi connectivity index (χ2v) is 6.51. The number of amides is 2. The predicted octanol–water partition coefficient (Wildman–Crippen LogP) is 0.110. The largest absolute Gasteiger partial charge is 0.350 e. The van der Waals surface area contributed by atoms with Crippen LogP contribution in [0.25, 0.3) is 0 Å². The molecule has 1 aromatic heterocycles. The zero-order chi connectivity index (χ0) is 17.1. The van der Waals surface area contributed by atoms with Crippen molar-refractivity contribution in [3.05, 3.63) is 33.7 Å². The quantitative estimate of drug-likeness (QED) is 0.801. The molecule has 7 nitrogen and oxygen atoms in total. The summed E-state index contributed by atoms with van der Waals surface area (Å²) in [5.41, 5.74) is 0.425. The van der Waals surface area contributed by atoms with E-state index in [0.717, 1.165) is 26.1 Å². The molecule has 0 spiro atoms. The van der Waals surface area contributed by atoms with E-state index in [4.69, 9.17) is 0 Å². The average Bonchev–Trinajstić information content (AvgIpc) is 3.17. The lowest BCUT2D eigenvalue weighted by Crippen LogP contribution is -2.42. The van der Waals surface area contributed by atoms with Gasteiger partial charge in [0.25, 0.3) is 11.5 Å². The molecule has 0 aromatic carbocycles. The average molecular weight is 332 g/mol. The second-order valence-electron chi connectivity index (χ2n) is 6.51. The van der Waals surface area contributed by atoms with Gasteiger partial charge in [-0.1, -0.05) is 0 Å². The Balaban J connectivity index is 1.49. The minimum Gasteiger partial charge on any atom is -0.350 e. The number of nitrogens with one attached hydrogen (secondary N) is 2. The van der Waals surface area contributed by atoms with Gasteiger partial charge in [-0.3, -0.25) is 19.3 Å². The number of pyridine rings is 1. The second kappa shape index (κ2) is 7.17. The highest BCUT2D eigenvalue weighted by Crippen LogP contribution is 2.21. The molecular weight excluding hydrogens is 308 g/mol. The van der Waals surface area contributed by atoms with Gasteiger partial charge in [0.2, 0.25) is 5.91 Å². The van der Waals surface area contributed by atoms with E-state index in [2.05, 4.69) is 15.2 Å². The smallest absolute Gasteiger partial charge is 0.260 e. The van der Waals surface area contributed by atoms with Gasteiger partial charge in [-0.15, -0.1) is 0 Å². The summed E-state index contributed by atoms with van der Waals surface area (Å²) in [6, 6.07) is 3.23. The third kappa shape index (κ3) is 3.51. The van der Waals surface area contributed by atoms with Crippen molar-refractivity contribution in [3.63, 3.8) is 0 Å². The van der Waals surface area contributed by atoms with E-state index >= 15 is 0 Å². The number of aromatic nitrogens is 1. The minimum absolute atomic E-state index is 0.0168. The standard InChI is InChI=1S/C17H24N4O3/c1-12-4-5-13(16(23)19-12)15(22)18-7-11-21-10-6-14(17(21)24)20-8-2-3-9-20/h4-5,14H,2-3,6-11H2,1H3,(H,18,22)(H,19,23). The fourth-order valence-corrected chi connectivity index (χ4v) is 3.49. The van der Waals surface area contributed by atoms with E-state index in [1.807, 2.05) is 4.90 Å². The Hall–Kier alpha value is -2.15. The van der Waals surface area contributed by atoms with Crippen molar-refractivity contribution >= 4 is 11.8 Å². The molecule has 3 rings (SSSR count). The van der Waals surface area contributed by atoms with Crippen molar-refractivity contribution in [3.8, 4) is 0 Å². The third-order valence-electron chi connectivity index (χ3n) is 4.82. The Morgan fingerprint density at radius 1 is 1.25 bits per heavy atom. The lowest BCUT2D eigenvalue weighted by molar-refractivity contribution is -0.131. The number of carbonyl (C=O) groups is 2. The highest BCUT2D eigenvalue weighted by Gasteiger charge is 2.36. The zero-order valence-corrected chi connectivity index (χ0v) is 14.0. The van der Waals surface area contributed by atoms with Gasteiger partial charge in [-0.2, -0.15) is 0 Å². The van der Waals surface area contributed by atoms with E-state index in [1.165, 1.54) is 18.9 Å². The summed E-state index contributed by atoms with van der Waals surface area (Å²) in [5.74, 6) is -0.238. The SMILES string of the molecule is Cc1ccc(C(=O)NCCN2CCC(N3CCCC3)C2=O)c(=O)[nH]1. The summed E-state index contributed by atoms with van der Waals surface area (Å²) < 4.78 is 0. The first-order valence-corrected chi connectivity index (χ1v) is 8.57. The molecule has 2 fully saturated rings. The molecule has 0 saturated carbocycles. The number of carbonyl (C=O) groups excluding carboxylic acids is 2. The van der Waals surface area contributed by atoms with Crippen molar-refractivity contribution in [2.75, 3.05) is 32.7 Å². The maximum Gasteiger partial charge on any atom is 0.260 e. The monoisotopic (exact) mass is 332 g/mol. The molecular formula is C17H24N4O3. The molecule has 0 bridgehead atoms. The van der Waals surface area contributed by atoms with Crippen LogP contribution >= 0.6 is 0 Å². The number of hydrogen-bond donors (Lipinski definition) is 2. The molecule has 130 valence electrons. The molecule has 2 amide bonds.